The quantitative estimate of drug-likeness (QED) is 0.672. The summed E-state index contributed by atoms with van der Waals surface area (Å²) in [5.74, 6) is 0.0394. The number of hydrogen-bond acceptors (Lipinski definition) is 2. The zero-order valence-electron chi connectivity index (χ0n) is 8.85. The predicted octanol–water partition coefficient (Wildman–Crippen LogP) is 4.41. The lowest BCUT2D eigenvalue weighted by atomic mass is 10.1. The van der Waals surface area contributed by atoms with Gasteiger partial charge in [0.05, 0.1) is 0 Å². The topological polar surface area (TPSA) is 20.2 Å². The number of fused-ring (bicyclic) bond motifs is 1. The number of thiophene rings is 1. The number of rotatable bonds is 1. The third kappa shape index (κ3) is 1.89. The summed E-state index contributed by atoms with van der Waals surface area (Å²) in [4.78, 5) is 1.07. The highest BCUT2D eigenvalue weighted by Gasteiger charge is 2.05. The molecule has 0 spiro atoms. The van der Waals surface area contributed by atoms with Crippen molar-refractivity contribution in [1.29, 1.82) is 0 Å². The molecule has 0 saturated heterocycles. The number of benzene rings is 2. The van der Waals surface area contributed by atoms with Gasteiger partial charge < -0.3 is 5.11 Å². The van der Waals surface area contributed by atoms with Gasteiger partial charge in [-0.05, 0) is 53.4 Å². The van der Waals surface area contributed by atoms with Gasteiger partial charge in [-0.15, -0.1) is 11.3 Å². The summed E-state index contributed by atoms with van der Waals surface area (Å²) in [7, 11) is 0. The van der Waals surface area contributed by atoms with E-state index in [1.54, 1.807) is 35.6 Å². The second kappa shape index (κ2) is 3.86. The van der Waals surface area contributed by atoms with E-state index in [9.17, 15) is 9.50 Å². The van der Waals surface area contributed by atoms with E-state index in [2.05, 4.69) is 0 Å². The summed E-state index contributed by atoms with van der Waals surface area (Å²) in [6.07, 6.45) is 0. The van der Waals surface area contributed by atoms with E-state index in [-0.39, 0.29) is 11.6 Å². The second-order valence-corrected chi connectivity index (χ2v) is 4.92. The van der Waals surface area contributed by atoms with Crippen LogP contribution in [-0.2, 0) is 0 Å². The molecule has 0 fully saturated rings. The third-order valence-corrected chi connectivity index (χ3v) is 3.78. The Morgan fingerprint density at radius 2 is 1.71 bits per heavy atom. The number of phenols is 1. The Labute approximate surface area is 102 Å². The first-order valence-corrected chi connectivity index (χ1v) is 6.02. The third-order valence-electron chi connectivity index (χ3n) is 2.63. The van der Waals surface area contributed by atoms with Gasteiger partial charge in [0.1, 0.15) is 11.6 Å². The summed E-state index contributed by atoms with van der Waals surface area (Å²) in [6, 6.07) is 13.9. The average molecular weight is 244 g/mol. The number of halogens is 1. The minimum atomic E-state index is -0.211. The molecule has 1 N–H and O–H groups in total. The van der Waals surface area contributed by atoms with Crippen molar-refractivity contribution in [3.05, 3.63) is 54.3 Å². The lowest BCUT2D eigenvalue weighted by molar-refractivity contribution is 0.475. The molecular weight excluding hydrogens is 235 g/mol. The van der Waals surface area contributed by atoms with Gasteiger partial charge in [0.15, 0.2) is 0 Å². The van der Waals surface area contributed by atoms with Crippen LogP contribution in [0.2, 0.25) is 0 Å². The fraction of sp³-hybridized carbons (Fsp3) is 0. The fourth-order valence-corrected chi connectivity index (χ4v) is 2.87. The highest BCUT2D eigenvalue weighted by molar-refractivity contribution is 7.22. The van der Waals surface area contributed by atoms with Gasteiger partial charge in [-0.25, -0.2) is 4.39 Å². The van der Waals surface area contributed by atoms with Gasteiger partial charge in [-0.3, -0.25) is 0 Å². The maximum atomic E-state index is 13.1. The maximum absolute atomic E-state index is 13.1. The Hall–Kier alpha value is -1.87. The van der Waals surface area contributed by atoms with Crippen LogP contribution in [-0.4, -0.2) is 5.11 Å². The van der Waals surface area contributed by atoms with E-state index in [1.807, 2.05) is 18.2 Å². The standard InChI is InChI=1S/C14H9FOS/c15-11-4-1-10-7-13(17-14(10)8-11)9-2-5-12(16)6-3-9/h1-8,16H. The Morgan fingerprint density at radius 3 is 2.47 bits per heavy atom. The summed E-state index contributed by atoms with van der Waals surface area (Å²) >= 11 is 1.55. The van der Waals surface area contributed by atoms with Crippen LogP contribution in [0.25, 0.3) is 20.5 Å². The molecular formula is C14H9FOS. The van der Waals surface area contributed by atoms with Gasteiger partial charge in [0.25, 0.3) is 0 Å². The minimum absolute atomic E-state index is 0.211. The largest absolute Gasteiger partial charge is 0.508 e. The number of aromatic hydroxyl groups is 1. The molecule has 3 heteroatoms. The SMILES string of the molecule is Oc1ccc(-c2cc3ccc(F)cc3s2)cc1. The Morgan fingerprint density at radius 1 is 0.941 bits per heavy atom. The first-order chi connectivity index (χ1) is 8.22. The molecule has 1 nitrogen and oxygen atoms in total. The molecule has 1 aromatic heterocycles. The molecule has 84 valence electrons. The van der Waals surface area contributed by atoms with E-state index >= 15 is 0 Å². The molecule has 0 aliphatic rings. The number of phenolic OH excluding ortho intramolecular Hbond substituents is 1. The van der Waals surface area contributed by atoms with Crippen molar-refractivity contribution in [2.75, 3.05) is 0 Å². The molecule has 2 aromatic carbocycles. The van der Waals surface area contributed by atoms with E-state index in [0.717, 1.165) is 20.5 Å². The van der Waals surface area contributed by atoms with Crippen molar-refractivity contribution in [3.8, 4) is 16.2 Å². The van der Waals surface area contributed by atoms with Crippen molar-refractivity contribution in [2.45, 2.75) is 0 Å². The lowest BCUT2D eigenvalue weighted by Gasteiger charge is -1.96. The molecule has 3 aromatic rings. The molecule has 0 saturated carbocycles. The molecule has 0 amide bonds. The summed E-state index contributed by atoms with van der Waals surface area (Å²) < 4.78 is 14.0. The zero-order valence-corrected chi connectivity index (χ0v) is 9.67. The highest BCUT2D eigenvalue weighted by Crippen LogP contribution is 2.34. The van der Waals surface area contributed by atoms with Crippen LogP contribution in [0.3, 0.4) is 0 Å². The van der Waals surface area contributed by atoms with Gasteiger partial charge in [-0.2, -0.15) is 0 Å². The van der Waals surface area contributed by atoms with Crippen LogP contribution in [0, 0.1) is 5.82 Å². The van der Waals surface area contributed by atoms with Gasteiger partial charge >= 0.3 is 0 Å². The molecule has 3 rings (SSSR count). The van der Waals surface area contributed by atoms with Crippen LogP contribution in [0.15, 0.2) is 48.5 Å². The van der Waals surface area contributed by atoms with E-state index in [0.29, 0.717) is 0 Å². The zero-order chi connectivity index (χ0) is 11.8. The first-order valence-electron chi connectivity index (χ1n) is 5.21. The molecule has 1 heterocycles. The van der Waals surface area contributed by atoms with Gasteiger partial charge in [0.2, 0.25) is 0 Å². The Kier molecular flexibility index (Phi) is 2.34. The van der Waals surface area contributed by atoms with E-state index in [4.69, 9.17) is 0 Å². The predicted molar refractivity (Wildman–Crippen MR) is 68.9 cm³/mol. The highest BCUT2D eigenvalue weighted by atomic mass is 32.1. The molecule has 0 aliphatic carbocycles. The molecule has 0 atom stereocenters. The number of hydrogen-bond donors (Lipinski definition) is 1. The van der Waals surface area contributed by atoms with E-state index in [1.165, 1.54) is 6.07 Å². The monoisotopic (exact) mass is 244 g/mol. The van der Waals surface area contributed by atoms with Crippen LogP contribution in [0.5, 0.6) is 5.75 Å². The summed E-state index contributed by atoms with van der Waals surface area (Å²) in [5, 5.41) is 10.3. The van der Waals surface area contributed by atoms with Crippen LogP contribution >= 0.6 is 11.3 Å². The van der Waals surface area contributed by atoms with Gasteiger partial charge in [-0.1, -0.05) is 6.07 Å². The van der Waals surface area contributed by atoms with Crippen molar-refractivity contribution >= 4 is 21.4 Å². The summed E-state index contributed by atoms with van der Waals surface area (Å²) in [5.41, 5.74) is 1.03. The average Bonchev–Trinajstić information content (AvgIpc) is 2.72. The fourth-order valence-electron chi connectivity index (χ4n) is 1.77. The smallest absolute Gasteiger partial charge is 0.124 e. The maximum Gasteiger partial charge on any atom is 0.124 e. The molecule has 17 heavy (non-hydrogen) atoms. The lowest BCUT2D eigenvalue weighted by Crippen LogP contribution is -1.70. The Bertz CT molecular complexity index is 670. The van der Waals surface area contributed by atoms with Crippen molar-refractivity contribution in [3.63, 3.8) is 0 Å². The van der Waals surface area contributed by atoms with Crippen LogP contribution < -0.4 is 0 Å². The van der Waals surface area contributed by atoms with Crippen molar-refractivity contribution in [2.24, 2.45) is 0 Å². The Balaban J connectivity index is 2.14. The molecule has 0 radical (unpaired) electrons. The molecule has 0 unspecified atom stereocenters. The minimum Gasteiger partial charge on any atom is -0.508 e. The summed E-state index contributed by atoms with van der Waals surface area (Å²) in [6.45, 7) is 0. The van der Waals surface area contributed by atoms with Crippen molar-refractivity contribution < 1.29 is 9.50 Å². The van der Waals surface area contributed by atoms with Crippen molar-refractivity contribution in [1.82, 2.24) is 0 Å². The second-order valence-electron chi connectivity index (χ2n) is 3.84. The molecule has 0 aliphatic heterocycles. The van der Waals surface area contributed by atoms with Gasteiger partial charge in [0, 0.05) is 9.58 Å². The van der Waals surface area contributed by atoms with Crippen LogP contribution in [0.4, 0.5) is 4.39 Å². The van der Waals surface area contributed by atoms with E-state index < -0.39 is 0 Å². The molecule has 0 bridgehead atoms. The van der Waals surface area contributed by atoms with Crippen LogP contribution in [0.1, 0.15) is 0 Å². The normalized spacial score (nSPS) is 10.9. The first kappa shape index (κ1) is 10.3.